The number of hydrogen-bond donors (Lipinski definition) is 1. The van der Waals surface area contributed by atoms with Gasteiger partial charge in [-0.05, 0) is 26.0 Å². The molecule has 0 amide bonds. The third-order valence-electron chi connectivity index (χ3n) is 1.96. The lowest BCUT2D eigenvalue weighted by molar-refractivity contribution is 0.625. The van der Waals surface area contributed by atoms with Gasteiger partial charge in [0.15, 0.2) is 0 Å². The Hall–Kier alpha value is -1.09. The highest BCUT2D eigenvalue weighted by atomic mass is 15.3. The Morgan fingerprint density at radius 2 is 2.46 bits per heavy atom. The highest BCUT2D eigenvalue weighted by Crippen LogP contribution is 1.96. The number of rotatable bonds is 5. The molecule has 0 atom stereocenters. The van der Waals surface area contributed by atoms with Gasteiger partial charge in [0, 0.05) is 19.8 Å². The highest BCUT2D eigenvalue weighted by Gasteiger charge is 1.96. The molecule has 3 nitrogen and oxygen atoms in total. The summed E-state index contributed by atoms with van der Waals surface area (Å²) in [5.74, 6) is 0. The Bertz CT molecular complexity index is 275. The van der Waals surface area contributed by atoms with E-state index >= 15 is 0 Å². The Balaban J connectivity index is 2.20. The average Bonchev–Trinajstić information content (AvgIpc) is 2.45. The van der Waals surface area contributed by atoms with Crippen molar-refractivity contribution in [3.8, 4) is 0 Å². The van der Waals surface area contributed by atoms with E-state index in [2.05, 4.69) is 17.0 Å². The summed E-state index contributed by atoms with van der Waals surface area (Å²) >= 11 is 0. The van der Waals surface area contributed by atoms with Gasteiger partial charge in [0.1, 0.15) is 0 Å². The smallest absolute Gasteiger partial charge is 0.0518 e. The highest BCUT2D eigenvalue weighted by molar-refractivity contribution is 4.99. The number of nitrogens with zero attached hydrogens (tertiary/aromatic N) is 2. The van der Waals surface area contributed by atoms with Crippen molar-refractivity contribution >= 4 is 0 Å². The first-order valence-electron chi connectivity index (χ1n) is 4.52. The van der Waals surface area contributed by atoms with E-state index in [1.165, 1.54) is 11.3 Å². The normalized spacial score (nSPS) is 10.3. The van der Waals surface area contributed by atoms with Crippen molar-refractivity contribution in [1.82, 2.24) is 15.1 Å². The average molecular weight is 179 g/mol. The topological polar surface area (TPSA) is 29.9 Å². The molecule has 72 valence electrons. The van der Waals surface area contributed by atoms with Gasteiger partial charge >= 0.3 is 0 Å². The molecule has 1 heterocycles. The van der Waals surface area contributed by atoms with Crippen LogP contribution >= 0.6 is 0 Å². The molecule has 1 N–H and O–H groups in total. The van der Waals surface area contributed by atoms with Gasteiger partial charge in [-0.3, -0.25) is 4.68 Å². The van der Waals surface area contributed by atoms with Crippen LogP contribution in [0.4, 0.5) is 0 Å². The summed E-state index contributed by atoms with van der Waals surface area (Å²) in [5.41, 5.74) is 2.43. The van der Waals surface area contributed by atoms with Gasteiger partial charge in [0.25, 0.3) is 0 Å². The second-order valence-corrected chi connectivity index (χ2v) is 3.33. The van der Waals surface area contributed by atoms with Crippen molar-refractivity contribution in [2.75, 3.05) is 6.54 Å². The molecule has 0 radical (unpaired) electrons. The minimum absolute atomic E-state index is 0.879. The van der Waals surface area contributed by atoms with Gasteiger partial charge in [-0.2, -0.15) is 5.10 Å². The van der Waals surface area contributed by atoms with Gasteiger partial charge < -0.3 is 5.32 Å². The van der Waals surface area contributed by atoms with Crippen molar-refractivity contribution in [1.29, 1.82) is 0 Å². The lowest BCUT2D eigenvalue weighted by atomic mass is 10.2. The Kier molecular flexibility index (Phi) is 3.71. The fourth-order valence-corrected chi connectivity index (χ4v) is 1.09. The van der Waals surface area contributed by atoms with Crippen molar-refractivity contribution in [3.63, 3.8) is 0 Å². The van der Waals surface area contributed by atoms with Crippen LogP contribution < -0.4 is 5.32 Å². The van der Waals surface area contributed by atoms with Gasteiger partial charge in [-0.25, -0.2) is 0 Å². The molecule has 3 heteroatoms. The van der Waals surface area contributed by atoms with Gasteiger partial charge in [0.05, 0.1) is 5.69 Å². The molecule has 13 heavy (non-hydrogen) atoms. The lowest BCUT2D eigenvalue weighted by Gasteiger charge is -2.04. The van der Waals surface area contributed by atoms with Gasteiger partial charge in [0.2, 0.25) is 0 Å². The molecule has 0 saturated carbocycles. The van der Waals surface area contributed by atoms with E-state index in [1.807, 2.05) is 30.9 Å². The molecule has 0 unspecified atom stereocenters. The van der Waals surface area contributed by atoms with Gasteiger partial charge in [-0.1, -0.05) is 5.57 Å². The summed E-state index contributed by atoms with van der Waals surface area (Å²) in [6.45, 7) is 7.76. The summed E-state index contributed by atoms with van der Waals surface area (Å²) in [4.78, 5) is 0. The van der Waals surface area contributed by atoms with Crippen LogP contribution in [0.1, 0.15) is 19.0 Å². The van der Waals surface area contributed by atoms with Crippen molar-refractivity contribution in [2.24, 2.45) is 7.05 Å². The zero-order chi connectivity index (χ0) is 9.68. The first-order valence-corrected chi connectivity index (χ1v) is 4.52. The Labute approximate surface area is 79.5 Å². The maximum absolute atomic E-state index is 4.09. The van der Waals surface area contributed by atoms with Crippen molar-refractivity contribution in [2.45, 2.75) is 19.9 Å². The summed E-state index contributed by atoms with van der Waals surface area (Å²) in [6.07, 6.45) is 2.85. The molecule has 0 aliphatic heterocycles. The number of aromatic nitrogens is 2. The maximum atomic E-state index is 4.09. The molecular weight excluding hydrogens is 162 g/mol. The number of hydrogen-bond acceptors (Lipinski definition) is 2. The molecular formula is C10H17N3. The second-order valence-electron chi connectivity index (χ2n) is 3.33. The van der Waals surface area contributed by atoms with E-state index in [-0.39, 0.29) is 0 Å². The third-order valence-corrected chi connectivity index (χ3v) is 1.96. The monoisotopic (exact) mass is 179 g/mol. The Morgan fingerprint density at radius 1 is 1.69 bits per heavy atom. The van der Waals surface area contributed by atoms with E-state index < -0.39 is 0 Å². The molecule has 0 saturated heterocycles. The number of aryl methyl sites for hydroxylation is 1. The molecule has 1 aromatic rings. The van der Waals surface area contributed by atoms with Crippen LogP contribution in [0.15, 0.2) is 24.4 Å². The predicted octanol–water partition coefficient (Wildman–Crippen LogP) is 1.48. The fraction of sp³-hybridized carbons (Fsp3) is 0.500. The third kappa shape index (κ3) is 3.42. The molecule has 0 fully saturated rings. The maximum Gasteiger partial charge on any atom is 0.0518 e. The van der Waals surface area contributed by atoms with Gasteiger partial charge in [-0.15, -0.1) is 6.58 Å². The van der Waals surface area contributed by atoms with Crippen LogP contribution in [0.25, 0.3) is 0 Å². The minimum atomic E-state index is 0.879. The molecule has 0 aliphatic carbocycles. The quantitative estimate of drug-likeness (QED) is 0.548. The molecule has 1 rings (SSSR count). The zero-order valence-electron chi connectivity index (χ0n) is 8.38. The number of nitrogens with one attached hydrogen (secondary N) is 1. The first kappa shape index (κ1) is 9.99. The van der Waals surface area contributed by atoms with E-state index in [1.54, 1.807) is 0 Å². The first-order chi connectivity index (χ1) is 6.20. The van der Waals surface area contributed by atoms with Crippen LogP contribution in [-0.4, -0.2) is 16.3 Å². The van der Waals surface area contributed by atoms with Crippen molar-refractivity contribution in [3.05, 3.63) is 30.1 Å². The van der Waals surface area contributed by atoms with E-state index in [0.717, 1.165) is 19.5 Å². The molecule has 0 bridgehead atoms. The minimum Gasteiger partial charge on any atom is -0.311 e. The van der Waals surface area contributed by atoms with E-state index in [4.69, 9.17) is 0 Å². The summed E-state index contributed by atoms with van der Waals surface area (Å²) in [6, 6.07) is 2.02. The SMILES string of the molecule is C=C(C)CCNCc1ccnn1C. The largest absolute Gasteiger partial charge is 0.311 e. The standard InChI is InChI=1S/C10H17N3/c1-9(2)4-6-11-8-10-5-7-12-13(10)3/h5,7,11H,1,4,6,8H2,2-3H3. The Morgan fingerprint density at radius 3 is 3.00 bits per heavy atom. The molecule has 0 aromatic carbocycles. The molecule has 0 aliphatic rings. The lowest BCUT2D eigenvalue weighted by Crippen LogP contribution is -2.17. The predicted molar refractivity (Wildman–Crippen MR) is 54.3 cm³/mol. The van der Waals surface area contributed by atoms with Crippen molar-refractivity contribution < 1.29 is 0 Å². The zero-order valence-corrected chi connectivity index (χ0v) is 8.38. The van der Waals surface area contributed by atoms with Crippen LogP contribution in [0.3, 0.4) is 0 Å². The van der Waals surface area contributed by atoms with Crippen LogP contribution in [0, 0.1) is 0 Å². The van der Waals surface area contributed by atoms with E-state index in [0.29, 0.717) is 0 Å². The summed E-state index contributed by atoms with van der Waals surface area (Å²) in [5, 5.41) is 7.43. The summed E-state index contributed by atoms with van der Waals surface area (Å²) in [7, 11) is 1.95. The van der Waals surface area contributed by atoms with Crippen LogP contribution in [-0.2, 0) is 13.6 Å². The summed E-state index contributed by atoms with van der Waals surface area (Å²) < 4.78 is 1.88. The molecule has 1 aromatic heterocycles. The molecule has 0 spiro atoms. The fourth-order valence-electron chi connectivity index (χ4n) is 1.09. The van der Waals surface area contributed by atoms with E-state index in [9.17, 15) is 0 Å². The van der Waals surface area contributed by atoms with Crippen LogP contribution in [0.2, 0.25) is 0 Å². The van der Waals surface area contributed by atoms with Crippen LogP contribution in [0.5, 0.6) is 0 Å². The second kappa shape index (κ2) is 4.82.